The van der Waals surface area contributed by atoms with Crippen molar-refractivity contribution in [3.8, 4) is 0 Å². The number of rotatable bonds is 5. The molecule has 37 heavy (non-hydrogen) atoms. The fourth-order valence-corrected chi connectivity index (χ4v) is 5.21. The number of amides is 1. The van der Waals surface area contributed by atoms with Gasteiger partial charge in [-0.05, 0) is 53.3 Å². The summed E-state index contributed by atoms with van der Waals surface area (Å²) in [5.74, 6) is -2.01. The number of aromatic nitrogens is 1. The number of hydrogen-bond donors (Lipinski definition) is 1. The van der Waals surface area contributed by atoms with Gasteiger partial charge in [0.25, 0.3) is 0 Å². The highest BCUT2D eigenvalue weighted by Crippen LogP contribution is 2.43. The molecule has 3 aromatic rings. The number of carbonyl (C=O) groups excluding carboxylic acids is 1. The topological polar surface area (TPSA) is 54.5 Å². The number of piperidine rings is 1. The first-order chi connectivity index (χ1) is 17.6. The molecule has 0 saturated carbocycles. The summed E-state index contributed by atoms with van der Waals surface area (Å²) in [4.78, 5) is 19.5. The van der Waals surface area contributed by atoms with Crippen LogP contribution in [0.3, 0.4) is 0 Å². The van der Waals surface area contributed by atoms with E-state index >= 15 is 0 Å². The number of ether oxygens (including phenoxy) is 1. The van der Waals surface area contributed by atoms with E-state index in [0.29, 0.717) is 12.2 Å². The molecule has 5 rings (SSSR count). The summed E-state index contributed by atoms with van der Waals surface area (Å²) in [5, 5.41) is 3.02. The van der Waals surface area contributed by atoms with Crippen LogP contribution in [0.1, 0.15) is 67.5 Å². The van der Waals surface area contributed by atoms with Gasteiger partial charge in [-0.25, -0.2) is 8.78 Å². The van der Waals surface area contributed by atoms with Crippen molar-refractivity contribution < 1.29 is 18.3 Å². The van der Waals surface area contributed by atoms with Gasteiger partial charge in [-0.1, -0.05) is 51.1 Å². The quantitative estimate of drug-likeness (QED) is 0.488. The highest BCUT2D eigenvalue weighted by Gasteiger charge is 2.42. The Hall–Kier alpha value is -3.16. The van der Waals surface area contributed by atoms with E-state index in [1.165, 1.54) is 17.2 Å². The van der Waals surface area contributed by atoms with Crippen molar-refractivity contribution in [2.75, 3.05) is 13.1 Å². The van der Waals surface area contributed by atoms with Crippen LogP contribution < -0.4 is 5.32 Å². The summed E-state index contributed by atoms with van der Waals surface area (Å²) in [6.45, 7) is 8.78. The second-order valence-electron chi connectivity index (χ2n) is 11.2. The lowest BCUT2D eigenvalue weighted by Gasteiger charge is -2.39. The number of nitrogens with zero attached hydrogens (tertiary/aromatic N) is 2. The van der Waals surface area contributed by atoms with Crippen molar-refractivity contribution in [3.05, 3.63) is 100 Å². The minimum absolute atomic E-state index is 0.167. The fourth-order valence-electron chi connectivity index (χ4n) is 5.21. The summed E-state index contributed by atoms with van der Waals surface area (Å²) >= 11 is 0. The SMILES string of the molecule is CC(C)(C)C(=O)NC(c1ccc(CN2CCC3(CC2)OCc2ccncc23)cc1)c1ccc(F)c(F)c1. The van der Waals surface area contributed by atoms with E-state index in [9.17, 15) is 13.6 Å². The summed E-state index contributed by atoms with van der Waals surface area (Å²) < 4.78 is 33.9. The molecule has 1 saturated heterocycles. The smallest absolute Gasteiger partial charge is 0.226 e. The average molecular weight is 506 g/mol. The Balaban J connectivity index is 1.28. The van der Waals surface area contributed by atoms with Gasteiger partial charge in [-0.15, -0.1) is 0 Å². The first kappa shape index (κ1) is 25.5. The van der Waals surface area contributed by atoms with Crippen molar-refractivity contribution in [1.82, 2.24) is 15.2 Å². The van der Waals surface area contributed by atoms with Crippen molar-refractivity contribution in [2.24, 2.45) is 5.41 Å². The van der Waals surface area contributed by atoms with Gasteiger partial charge in [0.2, 0.25) is 5.91 Å². The van der Waals surface area contributed by atoms with Crippen LogP contribution in [0, 0.1) is 17.0 Å². The zero-order chi connectivity index (χ0) is 26.2. The molecule has 1 fully saturated rings. The first-order valence-corrected chi connectivity index (χ1v) is 12.8. The summed E-state index contributed by atoms with van der Waals surface area (Å²) in [7, 11) is 0. The number of pyridine rings is 1. The van der Waals surface area contributed by atoms with Gasteiger partial charge in [0.15, 0.2) is 11.6 Å². The van der Waals surface area contributed by atoms with Gasteiger partial charge in [0.05, 0.1) is 18.2 Å². The highest BCUT2D eigenvalue weighted by molar-refractivity contribution is 5.82. The van der Waals surface area contributed by atoms with Crippen LogP contribution in [0.4, 0.5) is 8.78 Å². The maximum absolute atomic E-state index is 14.0. The van der Waals surface area contributed by atoms with Crippen LogP contribution >= 0.6 is 0 Å². The molecule has 1 atom stereocenters. The van der Waals surface area contributed by atoms with E-state index < -0.39 is 23.1 Å². The number of fused-ring (bicyclic) bond motifs is 2. The van der Waals surface area contributed by atoms with Crippen molar-refractivity contribution in [3.63, 3.8) is 0 Å². The molecule has 1 amide bonds. The Morgan fingerprint density at radius 3 is 2.43 bits per heavy atom. The number of carbonyl (C=O) groups is 1. The van der Waals surface area contributed by atoms with E-state index in [-0.39, 0.29) is 11.5 Å². The Morgan fingerprint density at radius 2 is 1.76 bits per heavy atom. The molecule has 3 heterocycles. The molecular formula is C30H33F2N3O2. The lowest BCUT2D eigenvalue weighted by molar-refractivity contribution is -0.129. The van der Waals surface area contributed by atoms with Crippen LogP contribution in [0.25, 0.3) is 0 Å². The number of nitrogens with one attached hydrogen (secondary N) is 1. The van der Waals surface area contributed by atoms with Crippen molar-refractivity contribution in [1.29, 1.82) is 0 Å². The molecule has 2 aliphatic rings. The Bertz CT molecular complexity index is 1280. The molecule has 0 radical (unpaired) electrons. The molecule has 2 aliphatic heterocycles. The van der Waals surface area contributed by atoms with Gasteiger partial charge < -0.3 is 10.1 Å². The zero-order valence-electron chi connectivity index (χ0n) is 21.6. The maximum Gasteiger partial charge on any atom is 0.226 e. The molecule has 2 aromatic carbocycles. The van der Waals surface area contributed by atoms with Crippen LogP contribution in [0.5, 0.6) is 0 Å². The molecule has 0 aliphatic carbocycles. The fraction of sp³-hybridized carbons (Fsp3) is 0.400. The van der Waals surface area contributed by atoms with E-state index in [4.69, 9.17) is 4.74 Å². The lowest BCUT2D eigenvalue weighted by Crippen LogP contribution is -2.42. The predicted octanol–water partition coefficient (Wildman–Crippen LogP) is 5.63. The first-order valence-electron chi connectivity index (χ1n) is 12.8. The zero-order valence-corrected chi connectivity index (χ0v) is 21.6. The van der Waals surface area contributed by atoms with Gasteiger partial charge in [-0.3, -0.25) is 14.7 Å². The largest absolute Gasteiger partial charge is 0.365 e. The third-order valence-corrected chi connectivity index (χ3v) is 7.52. The van der Waals surface area contributed by atoms with Crippen molar-refractivity contribution >= 4 is 5.91 Å². The minimum Gasteiger partial charge on any atom is -0.365 e. The third kappa shape index (κ3) is 5.29. The molecule has 5 nitrogen and oxygen atoms in total. The maximum atomic E-state index is 14.0. The van der Waals surface area contributed by atoms with Crippen LogP contribution in [-0.4, -0.2) is 28.9 Å². The molecule has 194 valence electrons. The Kier molecular flexibility index (Phi) is 6.86. The molecule has 7 heteroatoms. The molecule has 0 bridgehead atoms. The van der Waals surface area contributed by atoms with Crippen LogP contribution in [0.15, 0.2) is 60.9 Å². The molecule has 1 aromatic heterocycles. The third-order valence-electron chi connectivity index (χ3n) is 7.52. The summed E-state index contributed by atoms with van der Waals surface area (Å²) in [6.07, 6.45) is 5.64. The number of halogens is 2. The van der Waals surface area contributed by atoms with Crippen LogP contribution in [0.2, 0.25) is 0 Å². The van der Waals surface area contributed by atoms with Gasteiger partial charge in [0.1, 0.15) is 0 Å². The molecule has 1 unspecified atom stereocenters. The standard InChI is InChI=1S/C30H33F2N3O2/c1-29(2,3)28(36)34-27(22-8-9-25(31)26(32)16-22)21-6-4-20(5-7-21)18-35-14-11-30(12-15-35)24-17-33-13-10-23(24)19-37-30/h4-10,13,16-17,27H,11-12,14-15,18-19H2,1-3H3,(H,34,36). The number of hydrogen-bond acceptors (Lipinski definition) is 4. The molecule has 1 spiro atoms. The molecule has 1 N–H and O–H groups in total. The van der Waals surface area contributed by atoms with Gasteiger partial charge in [0, 0.05) is 43.0 Å². The second kappa shape index (κ2) is 9.95. The Morgan fingerprint density at radius 1 is 1.05 bits per heavy atom. The van der Waals surface area contributed by atoms with E-state index in [1.807, 2.05) is 57.4 Å². The predicted molar refractivity (Wildman–Crippen MR) is 137 cm³/mol. The minimum atomic E-state index is -0.934. The summed E-state index contributed by atoms with van der Waals surface area (Å²) in [6, 6.07) is 13.2. The molecular weight excluding hydrogens is 472 g/mol. The van der Waals surface area contributed by atoms with Gasteiger partial charge in [-0.2, -0.15) is 0 Å². The van der Waals surface area contributed by atoms with E-state index in [2.05, 4.69) is 21.3 Å². The van der Waals surface area contributed by atoms with Crippen LogP contribution in [-0.2, 0) is 28.3 Å². The monoisotopic (exact) mass is 505 g/mol. The number of likely N-dealkylation sites (tertiary alicyclic amines) is 1. The van der Waals surface area contributed by atoms with E-state index in [1.54, 1.807) is 0 Å². The number of benzene rings is 2. The highest BCUT2D eigenvalue weighted by atomic mass is 19.2. The van der Waals surface area contributed by atoms with E-state index in [0.717, 1.165) is 55.7 Å². The normalized spacial score (nSPS) is 18.0. The summed E-state index contributed by atoms with van der Waals surface area (Å²) in [5.41, 5.74) is 4.10. The second-order valence-corrected chi connectivity index (χ2v) is 11.2. The lowest BCUT2D eigenvalue weighted by atomic mass is 9.84. The Labute approximate surface area is 216 Å². The van der Waals surface area contributed by atoms with Crippen molar-refractivity contribution in [2.45, 2.75) is 58.4 Å². The average Bonchev–Trinajstić information content (AvgIpc) is 3.24. The van der Waals surface area contributed by atoms with Gasteiger partial charge >= 0.3 is 0 Å².